The van der Waals surface area contributed by atoms with Gasteiger partial charge in [0.15, 0.2) is 0 Å². The quantitative estimate of drug-likeness (QED) is 0.177. The summed E-state index contributed by atoms with van der Waals surface area (Å²) < 4.78 is 37.5. The van der Waals surface area contributed by atoms with Gasteiger partial charge in [-0.15, -0.1) is 22.7 Å². The third-order valence-corrected chi connectivity index (χ3v) is 10.4. The summed E-state index contributed by atoms with van der Waals surface area (Å²) in [5, 5.41) is 3.49. The summed E-state index contributed by atoms with van der Waals surface area (Å²) in [5.74, 6) is -1.44. The van der Waals surface area contributed by atoms with Gasteiger partial charge < -0.3 is 14.5 Å². The van der Waals surface area contributed by atoms with Crippen molar-refractivity contribution in [3.8, 4) is 38.8 Å². The van der Waals surface area contributed by atoms with Gasteiger partial charge in [0, 0.05) is 64.3 Å². The van der Waals surface area contributed by atoms with Gasteiger partial charge in [-0.05, 0) is 62.0 Å². The third kappa shape index (κ3) is 5.45. The maximum absolute atomic E-state index is 16.0. The number of halogens is 2. The molecule has 1 amide bonds. The molecule has 0 fully saturated rings. The van der Waals surface area contributed by atoms with Gasteiger partial charge in [0.25, 0.3) is 0 Å². The van der Waals surface area contributed by atoms with Crippen molar-refractivity contribution >= 4 is 38.7 Å². The second-order valence-electron chi connectivity index (χ2n) is 11.8. The van der Waals surface area contributed by atoms with Crippen molar-refractivity contribution < 1.29 is 18.3 Å². The highest BCUT2D eigenvalue weighted by atomic mass is 32.1. The highest BCUT2D eigenvalue weighted by molar-refractivity contribution is 7.18. The molecule has 230 valence electrons. The van der Waals surface area contributed by atoms with Gasteiger partial charge in [0.2, 0.25) is 5.91 Å². The maximum Gasteiger partial charge on any atom is 0.246 e. The van der Waals surface area contributed by atoms with Crippen molar-refractivity contribution in [3.63, 3.8) is 0 Å². The smallest absolute Gasteiger partial charge is 0.246 e. The second-order valence-corrected chi connectivity index (χ2v) is 13.8. The number of aromatic nitrogens is 2. The molecule has 0 saturated heterocycles. The molecule has 3 aromatic heterocycles. The van der Waals surface area contributed by atoms with Gasteiger partial charge in [-0.25, -0.2) is 18.7 Å². The van der Waals surface area contributed by atoms with Crippen LogP contribution in [0.1, 0.15) is 35.5 Å². The summed E-state index contributed by atoms with van der Waals surface area (Å²) in [6.45, 7) is 10.1. The van der Waals surface area contributed by atoms with E-state index in [1.807, 2.05) is 25.3 Å². The molecule has 0 bridgehead atoms. The van der Waals surface area contributed by atoms with Crippen molar-refractivity contribution in [2.45, 2.75) is 45.9 Å². The summed E-state index contributed by atoms with van der Waals surface area (Å²) in [7, 11) is 2.13. The Morgan fingerprint density at radius 3 is 2.67 bits per heavy atom. The predicted molar refractivity (Wildman–Crippen MR) is 177 cm³/mol. The summed E-state index contributed by atoms with van der Waals surface area (Å²) >= 11 is 2.94. The Morgan fingerprint density at radius 2 is 1.87 bits per heavy atom. The lowest BCUT2D eigenvalue weighted by Gasteiger charge is -2.25. The molecule has 0 saturated carbocycles. The van der Waals surface area contributed by atoms with E-state index in [9.17, 15) is 9.18 Å². The molecular weight excluding hydrogens is 611 g/mol. The lowest BCUT2D eigenvalue weighted by Crippen LogP contribution is -2.34. The van der Waals surface area contributed by atoms with Crippen LogP contribution in [0.2, 0.25) is 0 Å². The van der Waals surface area contributed by atoms with E-state index < -0.39 is 11.6 Å². The molecule has 0 N–H and O–H groups in total. The fraction of sp³-hybridized carbons (Fsp3) is 0.286. The minimum absolute atomic E-state index is 0.120. The van der Waals surface area contributed by atoms with E-state index in [1.165, 1.54) is 45.9 Å². The van der Waals surface area contributed by atoms with Gasteiger partial charge in [-0.2, -0.15) is 0 Å². The van der Waals surface area contributed by atoms with Gasteiger partial charge in [-0.1, -0.05) is 18.7 Å². The number of amides is 1. The first-order chi connectivity index (χ1) is 21.7. The van der Waals surface area contributed by atoms with E-state index in [4.69, 9.17) is 14.7 Å². The lowest BCUT2D eigenvalue weighted by atomic mass is 9.94. The van der Waals surface area contributed by atoms with Crippen LogP contribution in [0.25, 0.3) is 43.2 Å². The predicted octanol–water partition coefficient (Wildman–Crippen LogP) is 7.88. The number of rotatable bonds is 6. The van der Waals surface area contributed by atoms with Crippen LogP contribution in [-0.2, 0) is 30.7 Å². The van der Waals surface area contributed by atoms with Crippen molar-refractivity contribution in [3.05, 3.63) is 87.8 Å². The number of thiazole rings is 1. The Kier molecular flexibility index (Phi) is 7.75. The summed E-state index contributed by atoms with van der Waals surface area (Å²) in [6.07, 6.45) is 2.57. The van der Waals surface area contributed by atoms with Gasteiger partial charge >= 0.3 is 0 Å². The molecule has 0 spiro atoms. The third-order valence-electron chi connectivity index (χ3n) is 8.34. The number of pyridine rings is 1. The molecule has 0 radical (unpaired) electrons. The number of fused-ring (bicyclic) bond motifs is 3. The first-order valence-corrected chi connectivity index (χ1v) is 16.7. The minimum atomic E-state index is -0.724. The van der Waals surface area contributed by atoms with E-state index in [2.05, 4.69) is 36.7 Å². The number of benzene rings is 2. The molecule has 45 heavy (non-hydrogen) atoms. The zero-order chi connectivity index (χ0) is 31.4. The number of carbonyl (C=O) groups excluding carboxylic acids is 1. The zero-order valence-electron chi connectivity index (χ0n) is 25.3. The van der Waals surface area contributed by atoms with Crippen LogP contribution in [0.4, 0.5) is 8.78 Å². The molecule has 0 atom stereocenters. The number of ether oxygens (including phenoxy) is 1. The van der Waals surface area contributed by atoms with Crippen molar-refractivity contribution in [2.75, 3.05) is 20.1 Å². The monoisotopic (exact) mass is 642 g/mol. The Bertz CT molecular complexity index is 1980. The molecule has 2 aliphatic rings. The van der Waals surface area contributed by atoms with Crippen molar-refractivity contribution in [1.29, 1.82) is 0 Å². The molecule has 7 rings (SSSR count). The Balaban J connectivity index is 1.48. The van der Waals surface area contributed by atoms with Gasteiger partial charge in [0.05, 0.1) is 29.6 Å². The first-order valence-electron chi connectivity index (χ1n) is 15.0. The van der Waals surface area contributed by atoms with Gasteiger partial charge in [0.1, 0.15) is 28.1 Å². The van der Waals surface area contributed by atoms with E-state index >= 15 is 4.39 Å². The number of nitrogens with zero attached hydrogens (tertiary/aromatic N) is 4. The average Bonchev–Trinajstić information content (AvgIpc) is 3.67. The Labute approximate surface area is 268 Å². The fourth-order valence-electron chi connectivity index (χ4n) is 6.23. The molecule has 6 nitrogen and oxygen atoms in total. The van der Waals surface area contributed by atoms with Crippen LogP contribution in [-0.4, -0.2) is 51.9 Å². The van der Waals surface area contributed by atoms with E-state index in [1.54, 1.807) is 4.90 Å². The summed E-state index contributed by atoms with van der Waals surface area (Å²) in [5.41, 5.74) is 6.49. The highest BCUT2D eigenvalue weighted by Crippen LogP contribution is 2.48. The van der Waals surface area contributed by atoms with Crippen LogP contribution < -0.4 is 4.74 Å². The van der Waals surface area contributed by atoms with E-state index in [0.29, 0.717) is 35.8 Å². The zero-order valence-corrected chi connectivity index (χ0v) is 27.0. The molecule has 5 heterocycles. The van der Waals surface area contributed by atoms with Crippen LogP contribution in [0.3, 0.4) is 0 Å². The number of hydrogen-bond acceptors (Lipinski definition) is 7. The molecule has 0 unspecified atom stereocenters. The normalized spacial score (nSPS) is 14.9. The van der Waals surface area contributed by atoms with Crippen molar-refractivity contribution in [2.24, 2.45) is 0 Å². The number of carbonyl (C=O) groups is 1. The first kappa shape index (κ1) is 29.7. The molecule has 10 heteroatoms. The largest absolute Gasteiger partial charge is 0.490 e. The summed E-state index contributed by atoms with van der Waals surface area (Å²) in [4.78, 5) is 27.7. The molecule has 5 aromatic rings. The number of thiophene rings is 1. The summed E-state index contributed by atoms with van der Waals surface area (Å²) in [6, 6.07) is 10.7. The maximum atomic E-state index is 16.0. The second kappa shape index (κ2) is 11.7. The number of hydrogen-bond donors (Lipinski definition) is 0. The van der Waals surface area contributed by atoms with Crippen LogP contribution >= 0.6 is 22.7 Å². The van der Waals surface area contributed by atoms with Gasteiger partial charge in [-0.3, -0.25) is 4.79 Å². The molecule has 2 aromatic carbocycles. The topological polar surface area (TPSA) is 58.6 Å². The molecule has 0 aliphatic carbocycles. The van der Waals surface area contributed by atoms with Crippen LogP contribution in [0.5, 0.6) is 5.75 Å². The fourth-order valence-corrected chi connectivity index (χ4v) is 8.29. The Hall–Kier alpha value is -3.99. The average molecular weight is 643 g/mol. The van der Waals surface area contributed by atoms with E-state index in [0.717, 1.165) is 57.5 Å². The van der Waals surface area contributed by atoms with Crippen LogP contribution in [0, 0.1) is 11.6 Å². The SMILES string of the molecule is C=CC(=O)N1CCc2nc(-c3nc(-c4ccc5c(c4)CCN(C)C5)c4ccsc4c3-c3c(F)cc(F)cc3OC(C)C)sc2C1. The lowest BCUT2D eigenvalue weighted by molar-refractivity contribution is -0.126. The number of likely N-dealkylation sites (N-methyl/N-ethyl adjacent to an activating group) is 1. The Morgan fingerprint density at radius 1 is 1.02 bits per heavy atom. The highest BCUT2D eigenvalue weighted by Gasteiger charge is 2.30. The van der Waals surface area contributed by atoms with Crippen LogP contribution in [0.15, 0.2) is 54.4 Å². The minimum Gasteiger partial charge on any atom is -0.490 e. The standard InChI is InChI=1S/C35H32F2N4O2S2/c1-5-29(42)41-12-9-26-28(18-41)45-35(38-26)33-31(30-25(37)15-23(36)16-27(30)43-19(2)3)34-24(10-13-44-34)32(39-33)21-6-7-22-17-40(4)11-8-20(22)14-21/h5-7,10,13-16,19H,1,8-9,11-12,17-18H2,2-4H3. The van der Waals surface area contributed by atoms with Crippen molar-refractivity contribution in [1.82, 2.24) is 19.8 Å². The molecular formula is C35H32F2N4O2S2. The molecule has 2 aliphatic heterocycles. The van der Waals surface area contributed by atoms with E-state index in [-0.39, 0.29) is 23.3 Å².